The van der Waals surface area contributed by atoms with Crippen molar-refractivity contribution in [3.63, 3.8) is 0 Å². The number of para-hydroxylation sites is 1. The van der Waals surface area contributed by atoms with E-state index in [2.05, 4.69) is 10.2 Å². The summed E-state index contributed by atoms with van der Waals surface area (Å²) in [6.07, 6.45) is 0. The Morgan fingerprint density at radius 1 is 1.12 bits per heavy atom. The summed E-state index contributed by atoms with van der Waals surface area (Å²) < 4.78 is 11.0. The zero-order valence-corrected chi connectivity index (χ0v) is 14.5. The van der Waals surface area contributed by atoms with E-state index in [0.29, 0.717) is 12.2 Å². The first-order valence-corrected chi connectivity index (χ1v) is 8.64. The molecule has 2 aromatic carbocycles. The molecular weight excluding hydrogens is 316 g/mol. The molecule has 0 saturated carbocycles. The van der Waals surface area contributed by atoms with Gasteiger partial charge in [0.05, 0.1) is 19.3 Å². The molecule has 1 saturated heterocycles. The summed E-state index contributed by atoms with van der Waals surface area (Å²) in [6.45, 7) is 5.64. The molecule has 3 rings (SSSR count). The monoisotopic (exact) mass is 340 g/mol. The minimum Gasteiger partial charge on any atom is -0.491 e. The molecule has 5 heteroatoms. The lowest BCUT2D eigenvalue weighted by Crippen LogP contribution is -2.37. The fourth-order valence-corrected chi connectivity index (χ4v) is 2.73. The molecule has 1 fully saturated rings. The quantitative estimate of drug-likeness (QED) is 0.878. The Kier molecular flexibility index (Phi) is 5.90. The highest BCUT2D eigenvalue weighted by Crippen LogP contribution is 2.16. The van der Waals surface area contributed by atoms with Crippen LogP contribution in [0, 0.1) is 0 Å². The Balaban J connectivity index is 1.50. The molecule has 25 heavy (non-hydrogen) atoms. The number of morpholine rings is 1. The molecule has 1 aliphatic rings. The average Bonchev–Trinajstić information content (AvgIpc) is 2.68. The maximum Gasteiger partial charge on any atom is 0.251 e. The van der Waals surface area contributed by atoms with Gasteiger partial charge in [0.2, 0.25) is 0 Å². The van der Waals surface area contributed by atoms with E-state index in [4.69, 9.17) is 9.47 Å². The number of nitrogens with one attached hydrogen (secondary N) is 1. The van der Waals surface area contributed by atoms with E-state index in [0.717, 1.165) is 37.7 Å². The lowest BCUT2D eigenvalue weighted by atomic mass is 10.1. The summed E-state index contributed by atoms with van der Waals surface area (Å²) in [5, 5.41) is 2.97. The Morgan fingerprint density at radius 2 is 1.80 bits per heavy atom. The second-order valence-electron chi connectivity index (χ2n) is 6.14. The molecular formula is C20H24N2O3. The van der Waals surface area contributed by atoms with Gasteiger partial charge < -0.3 is 19.7 Å². The molecule has 1 heterocycles. The first-order valence-electron chi connectivity index (χ1n) is 8.64. The van der Waals surface area contributed by atoms with Gasteiger partial charge in [0, 0.05) is 24.3 Å². The van der Waals surface area contributed by atoms with Crippen LogP contribution in [0.5, 0.6) is 5.75 Å². The van der Waals surface area contributed by atoms with Crippen LogP contribution < -0.4 is 15.0 Å². The standard InChI is InChI=1S/C20H24N2O3/c1-16(15-25-19-5-3-2-4-6-19)21-20(23)17-7-9-18(10-8-17)22-11-13-24-14-12-22/h2-10,16H,11-15H2,1H3,(H,21,23)/t16-/m0/s1. The average molecular weight is 340 g/mol. The van der Waals surface area contributed by atoms with Gasteiger partial charge in [-0.1, -0.05) is 18.2 Å². The Labute approximate surface area is 148 Å². The normalized spacial score (nSPS) is 15.5. The Morgan fingerprint density at radius 3 is 2.48 bits per heavy atom. The first-order chi connectivity index (χ1) is 12.2. The van der Waals surface area contributed by atoms with Crippen LogP contribution in [0.15, 0.2) is 54.6 Å². The van der Waals surface area contributed by atoms with Gasteiger partial charge in [-0.2, -0.15) is 0 Å². The molecule has 0 aliphatic carbocycles. The third-order valence-electron chi connectivity index (χ3n) is 4.13. The highest BCUT2D eigenvalue weighted by Gasteiger charge is 2.13. The van der Waals surface area contributed by atoms with Crippen molar-refractivity contribution in [3.8, 4) is 5.75 Å². The molecule has 0 aromatic heterocycles. The zero-order chi connectivity index (χ0) is 17.5. The molecule has 132 valence electrons. The molecule has 2 aromatic rings. The van der Waals surface area contributed by atoms with Gasteiger partial charge in [0.1, 0.15) is 12.4 Å². The molecule has 0 bridgehead atoms. The fraction of sp³-hybridized carbons (Fsp3) is 0.350. The predicted molar refractivity (Wildman–Crippen MR) is 98.3 cm³/mol. The van der Waals surface area contributed by atoms with Crippen molar-refractivity contribution in [2.45, 2.75) is 13.0 Å². The van der Waals surface area contributed by atoms with Crippen LogP contribution in [0.4, 0.5) is 5.69 Å². The van der Waals surface area contributed by atoms with Crippen LogP contribution >= 0.6 is 0 Å². The highest BCUT2D eigenvalue weighted by molar-refractivity contribution is 5.94. The number of nitrogens with zero attached hydrogens (tertiary/aromatic N) is 1. The van der Waals surface area contributed by atoms with Crippen LogP contribution in [0.3, 0.4) is 0 Å². The minimum absolute atomic E-state index is 0.0772. The van der Waals surface area contributed by atoms with E-state index < -0.39 is 0 Å². The molecule has 0 spiro atoms. The van der Waals surface area contributed by atoms with Crippen molar-refractivity contribution in [3.05, 3.63) is 60.2 Å². The number of ether oxygens (including phenoxy) is 2. The lowest BCUT2D eigenvalue weighted by Gasteiger charge is -2.28. The predicted octanol–water partition coefficient (Wildman–Crippen LogP) is 2.72. The largest absolute Gasteiger partial charge is 0.491 e. The summed E-state index contributed by atoms with van der Waals surface area (Å²) >= 11 is 0. The van der Waals surface area contributed by atoms with Gasteiger partial charge >= 0.3 is 0 Å². The van der Waals surface area contributed by atoms with Crippen LogP contribution in [-0.2, 0) is 4.74 Å². The van der Waals surface area contributed by atoms with Gasteiger partial charge in [0.25, 0.3) is 5.91 Å². The topological polar surface area (TPSA) is 50.8 Å². The zero-order valence-electron chi connectivity index (χ0n) is 14.5. The van der Waals surface area contributed by atoms with Gasteiger partial charge in [-0.05, 0) is 43.3 Å². The number of amides is 1. The smallest absolute Gasteiger partial charge is 0.251 e. The number of rotatable bonds is 6. The Hall–Kier alpha value is -2.53. The van der Waals surface area contributed by atoms with Crippen molar-refractivity contribution >= 4 is 11.6 Å². The summed E-state index contributed by atoms with van der Waals surface area (Å²) in [7, 11) is 0. The second kappa shape index (κ2) is 8.53. The summed E-state index contributed by atoms with van der Waals surface area (Å²) in [5.41, 5.74) is 1.78. The Bertz CT molecular complexity index is 667. The fourth-order valence-electron chi connectivity index (χ4n) is 2.73. The third-order valence-corrected chi connectivity index (χ3v) is 4.13. The molecule has 0 unspecified atom stereocenters. The molecule has 1 amide bonds. The third kappa shape index (κ3) is 4.97. The SMILES string of the molecule is C[C@@H](COc1ccccc1)NC(=O)c1ccc(N2CCOCC2)cc1. The van der Waals surface area contributed by atoms with Gasteiger partial charge in [-0.3, -0.25) is 4.79 Å². The van der Waals surface area contributed by atoms with Crippen molar-refractivity contribution in [2.75, 3.05) is 37.8 Å². The van der Waals surface area contributed by atoms with E-state index >= 15 is 0 Å². The second-order valence-corrected chi connectivity index (χ2v) is 6.14. The van der Waals surface area contributed by atoms with Gasteiger partial charge in [-0.15, -0.1) is 0 Å². The summed E-state index contributed by atoms with van der Waals surface area (Å²) in [6, 6.07) is 17.2. The minimum atomic E-state index is -0.0855. The van der Waals surface area contributed by atoms with E-state index in [-0.39, 0.29) is 11.9 Å². The number of carbonyl (C=O) groups excluding carboxylic acids is 1. The number of carbonyl (C=O) groups is 1. The number of anilines is 1. The van der Waals surface area contributed by atoms with E-state index in [9.17, 15) is 4.79 Å². The van der Waals surface area contributed by atoms with Crippen molar-refractivity contribution in [1.82, 2.24) is 5.32 Å². The molecule has 1 aliphatic heterocycles. The van der Waals surface area contributed by atoms with Crippen molar-refractivity contribution in [2.24, 2.45) is 0 Å². The number of benzene rings is 2. The van der Waals surface area contributed by atoms with E-state index in [1.54, 1.807) is 0 Å². The maximum atomic E-state index is 12.4. The first kappa shape index (κ1) is 17.3. The van der Waals surface area contributed by atoms with Crippen molar-refractivity contribution < 1.29 is 14.3 Å². The number of hydrogen-bond acceptors (Lipinski definition) is 4. The highest BCUT2D eigenvalue weighted by atomic mass is 16.5. The van der Waals surface area contributed by atoms with Crippen LogP contribution in [0.25, 0.3) is 0 Å². The van der Waals surface area contributed by atoms with Crippen LogP contribution in [0.2, 0.25) is 0 Å². The maximum absolute atomic E-state index is 12.4. The molecule has 0 radical (unpaired) electrons. The van der Waals surface area contributed by atoms with Gasteiger partial charge in [-0.25, -0.2) is 0 Å². The van der Waals surface area contributed by atoms with Crippen molar-refractivity contribution in [1.29, 1.82) is 0 Å². The van der Waals surface area contributed by atoms with Gasteiger partial charge in [0.15, 0.2) is 0 Å². The summed E-state index contributed by atoms with van der Waals surface area (Å²) in [4.78, 5) is 14.6. The lowest BCUT2D eigenvalue weighted by molar-refractivity contribution is 0.0926. The molecule has 1 N–H and O–H groups in total. The van der Waals surface area contributed by atoms with E-state index in [1.165, 1.54) is 0 Å². The van der Waals surface area contributed by atoms with Crippen LogP contribution in [0.1, 0.15) is 17.3 Å². The molecule has 1 atom stereocenters. The van der Waals surface area contributed by atoms with Crippen LogP contribution in [-0.4, -0.2) is 44.9 Å². The number of hydrogen-bond donors (Lipinski definition) is 1. The van der Waals surface area contributed by atoms with E-state index in [1.807, 2.05) is 61.5 Å². The molecule has 5 nitrogen and oxygen atoms in total. The summed E-state index contributed by atoms with van der Waals surface area (Å²) in [5.74, 6) is 0.719.